The summed E-state index contributed by atoms with van der Waals surface area (Å²) in [5.41, 5.74) is 0.433. The number of amides is 1. The highest BCUT2D eigenvalue weighted by Gasteiger charge is 2.23. The van der Waals surface area contributed by atoms with E-state index >= 15 is 0 Å². The average molecular weight is 271 g/mol. The van der Waals surface area contributed by atoms with E-state index in [4.69, 9.17) is 11.6 Å². The zero-order valence-electron chi connectivity index (χ0n) is 10.2. The largest absolute Gasteiger partial charge is 0.339 e. The van der Waals surface area contributed by atoms with Crippen molar-refractivity contribution in [2.45, 2.75) is 18.9 Å². The zero-order valence-corrected chi connectivity index (χ0v) is 11.0. The van der Waals surface area contributed by atoms with E-state index in [9.17, 15) is 9.18 Å². The molecular formula is C13H16ClFN2O. The molecule has 0 atom stereocenters. The lowest BCUT2D eigenvalue weighted by molar-refractivity contribution is 0.0703. The molecule has 1 aromatic carbocycles. The molecule has 5 heteroatoms. The Morgan fingerprint density at radius 2 is 2.11 bits per heavy atom. The van der Waals surface area contributed by atoms with Gasteiger partial charge in [-0.05, 0) is 44.1 Å². The topological polar surface area (TPSA) is 32.3 Å². The van der Waals surface area contributed by atoms with Gasteiger partial charge < -0.3 is 10.2 Å². The van der Waals surface area contributed by atoms with Gasteiger partial charge in [-0.1, -0.05) is 11.6 Å². The zero-order chi connectivity index (χ0) is 13.1. The number of halogens is 2. The number of piperidine rings is 1. The number of hydrogen-bond acceptors (Lipinski definition) is 2. The van der Waals surface area contributed by atoms with E-state index in [0.717, 1.165) is 25.9 Å². The molecule has 1 saturated heterocycles. The van der Waals surface area contributed by atoms with Crippen LogP contribution < -0.4 is 5.32 Å². The number of carbonyl (C=O) groups excluding carboxylic acids is 1. The monoisotopic (exact) mass is 270 g/mol. The Bertz CT molecular complexity index is 447. The van der Waals surface area contributed by atoms with Crippen LogP contribution in [0.5, 0.6) is 0 Å². The Labute approximate surface area is 111 Å². The summed E-state index contributed by atoms with van der Waals surface area (Å²) in [4.78, 5) is 14.0. The Balaban J connectivity index is 2.11. The van der Waals surface area contributed by atoms with Crippen LogP contribution in [-0.2, 0) is 0 Å². The van der Waals surface area contributed by atoms with Crippen molar-refractivity contribution in [1.82, 2.24) is 10.2 Å². The standard InChI is InChI=1S/C13H16ClFN2O/c1-17(10-4-6-16-7-5-10)13(18)9-2-3-12(15)11(14)8-9/h2-3,8,10,16H,4-7H2,1H3. The van der Waals surface area contributed by atoms with E-state index < -0.39 is 5.82 Å². The van der Waals surface area contributed by atoms with Crippen molar-refractivity contribution in [2.24, 2.45) is 0 Å². The van der Waals surface area contributed by atoms with Gasteiger partial charge in [-0.25, -0.2) is 4.39 Å². The van der Waals surface area contributed by atoms with Crippen LogP contribution in [0.4, 0.5) is 4.39 Å². The van der Waals surface area contributed by atoms with E-state index in [1.54, 1.807) is 11.9 Å². The molecule has 1 fully saturated rings. The molecule has 0 saturated carbocycles. The lowest BCUT2D eigenvalue weighted by Gasteiger charge is -2.31. The summed E-state index contributed by atoms with van der Waals surface area (Å²) in [5.74, 6) is -0.610. The van der Waals surface area contributed by atoms with E-state index in [1.807, 2.05) is 0 Å². The predicted octanol–water partition coefficient (Wildman–Crippen LogP) is 2.30. The number of nitrogens with one attached hydrogen (secondary N) is 1. The summed E-state index contributed by atoms with van der Waals surface area (Å²) in [6.07, 6.45) is 1.88. The van der Waals surface area contributed by atoms with E-state index in [2.05, 4.69) is 5.32 Å². The second-order valence-electron chi connectivity index (χ2n) is 4.53. The fourth-order valence-corrected chi connectivity index (χ4v) is 2.37. The highest BCUT2D eigenvalue weighted by molar-refractivity contribution is 6.31. The van der Waals surface area contributed by atoms with Crippen molar-refractivity contribution in [3.05, 3.63) is 34.6 Å². The van der Waals surface area contributed by atoms with Gasteiger partial charge in [0.15, 0.2) is 0 Å². The number of rotatable bonds is 2. The first-order valence-corrected chi connectivity index (χ1v) is 6.40. The van der Waals surface area contributed by atoms with Gasteiger partial charge in [-0.15, -0.1) is 0 Å². The molecule has 1 aliphatic rings. The second kappa shape index (κ2) is 5.67. The molecule has 1 amide bonds. The summed E-state index contributed by atoms with van der Waals surface area (Å²) in [6.45, 7) is 1.85. The fraction of sp³-hybridized carbons (Fsp3) is 0.462. The molecule has 1 heterocycles. The van der Waals surface area contributed by atoms with Crippen LogP contribution in [0, 0.1) is 5.82 Å². The van der Waals surface area contributed by atoms with Crippen molar-refractivity contribution in [2.75, 3.05) is 20.1 Å². The van der Waals surface area contributed by atoms with Gasteiger partial charge in [0.2, 0.25) is 0 Å². The predicted molar refractivity (Wildman–Crippen MR) is 69.4 cm³/mol. The first kappa shape index (κ1) is 13.3. The van der Waals surface area contributed by atoms with Gasteiger partial charge in [0.1, 0.15) is 5.82 Å². The van der Waals surface area contributed by atoms with Crippen molar-refractivity contribution < 1.29 is 9.18 Å². The lowest BCUT2D eigenvalue weighted by Crippen LogP contribution is -2.43. The van der Waals surface area contributed by atoms with Gasteiger partial charge in [0.05, 0.1) is 5.02 Å². The maximum absolute atomic E-state index is 13.1. The molecular weight excluding hydrogens is 255 g/mol. The molecule has 1 aromatic rings. The van der Waals surface area contributed by atoms with Gasteiger partial charge in [0, 0.05) is 18.7 Å². The molecule has 0 aliphatic carbocycles. The van der Waals surface area contributed by atoms with Crippen molar-refractivity contribution >= 4 is 17.5 Å². The van der Waals surface area contributed by atoms with Crippen LogP contribution >= 0.6 is 11.6 Å². The van der Waals surface area contributed by atoms with Crippen LogP contribution in [0.25, 0.3) is 0 Å². The smallest absolute Gasteiger partial charge is 0.253 e. The third kappa shape index (κ3) is 2.82. The third-order valence-corrected chi connectivity index (χ3v) is 3.63. The summed E-state index contributed by atoms with van der Waals surface area (Å²) >= 11 is 5.69. The van der Waals surface area contributed by atoms with Crippen LogP contribution in [-0.4, -0.2) is 37.0 Å². The Morgan fingerprint density at radius 3 is 2.72 bits per heavy atom. The third-order valence-electron chi connectivity index (χ3n) is 3.34. The molecule has 18 heavy (non-hydrogen) atoms. The molecule has 3 nitrogen and oxygen atoms in total. The minimum atomic E-state index is -0.502. The SMILES string of the molecule is CN(C(=O)c1ccc(F)c(Cl)c1)C1CCNCC1. The summed E-state index contributed by atoms with van der Waals surface area (Å²) in [6, 6.07) is 4.33. The Morgan fingerprint density at radius 1 is 1.44 bits per heavy atom. The molecule has 2 rings (SSSR count). The van der Waals surface area contributed by atoms with Gasteiger partial charge in [-0.3, -0.25) is 4.79 Å². The van der Waals surface area contributed by atoms with Crippen LogP contribution in [0.1, 0.15) is 23.2 Å². The molecule has 98 valence electrons. The van der Waals surface area contributed by atoms with Crippen LogP contribution in [0.3, 0.4) is 0 Å². The minimum absolute atomic E-state index is 0.0143. The minimum Gasteiger partial charge on any atom is -0.339 e. The summed E-state index contributed by atoms with van der Waals surface area (Å²) in [7, 11) is 1.79. The summed E-state index contributed by atoms with van der Waals surface area (Å²) < 4.78 is 13.1. The normalized spacial score (nSPS) is 16.6. The molecule has 0 spiro atoms. The van der Waals surface area contributed by atoms with Gasteiger partial charge >= 0.3 is 0 Å². The molecule has 1 N–H and O–H groups in total. The number of benzene rings is 1. The highest BCUT2D eigenvalue weighted by Crippen LogP contribution is 2.19. The van der Waals surface area contributed by atoms with E-state index in [1.165, 1.54) is 18.2 Å². The quantitative estimate of drug-likeness (QED) is 0.894. The Kier molecular flexibility index (Phi) is 4.19. The first-order valence-electron chi connectivity index (χ1n) is 6.02. The molecule has 0 bridgehead atoms. The fourth-order valence-electron chi connectivity index (χ4n) is 2.19. The van der Waals surface area contributed by atoms with Gasteiger partial charge in [0.25, 0.3) is 5.91 Å². The number of carbonyl (C=O) groups is 1. The number of hydrogen-bond donors (Lipinski definition) is 1. The molecule has 1 aliphatic heterocycles. The van der Waals surface area contributed by atoms with Crippen LogP contribution in [0.2, 0.25) is 5.02 Å². The van der Waals surface area contributed by atoms with Crippen molar-refractivity contribution in [1.29, 1.82) is 0 Å². The van der Waals surface area contributed by atoms with Gasteiger partial charge in [-0.2, -0.15) is 0 Å². The first-order chi connectivity index (χ1) is 8.59. The van der Waals surface area contributed by atoms with Crippen LogP contribution in [0.15, 0.2) is 18.2 Å². The highest BCUT2D eigenvalue weighted by atomic mass is 35.5. The second-order valence-corrected chi connectivity index (χ2v) is 4.93. The molecule has 0 radical (unpaired) electrons. The van der Waals surface area contributed by atoms with E-state index in [0.29, 0.717) is 5.56 Å². The molecule has 0 unspecified atom stereocenters. The Hall–Kier alpha value is -1.13. The van der Waals surface area contributed by atoms with Crippen molar-refractivity contribution in [3.63, 3.8) is 0 Å². The lowest BCUT2D eigenvalue weighted by atomic mass is 10.0. The maximum atomic E-state index is 13.1. The van der Waals surface area contributed by atoms with E-state index in [-0.39, 0.29) is 17.0 Å². The average Bonchev–Trinajstić information content (AvgIpc) is 2.41. The molecule has 0 aromatic heterocycles. The summed E-state index contributed by atoms with van der Waals surface area (Å²) in [5, 5.41) is 3.24. The van der Waals surface area contributed by atoms with Crippen molar-refractivity contribution in [3.8, 4) is 0 Å². The number of nitrogens with zero attached hydrogens (tertiary/aromatic N) is 1. The maximum Gasteiger partial charge on any atom is 0.253 e.